The van der Waals surface area contributed by atoms with Gasteiger partial charge in [0.05, 0.1) is 17.6 Å². The SMILES string of the molecule is COC(=O)c1cc(S(=O)(=O)NCCc2nc3cc(C)ccc3o2)ccc1C(C)C. The predicted molar refractivity (Wildman–Crippen MR) is 110 cm³/mol. The summed E-state index contributed by atoms with van der Waals surface area (Å²) >= 11 is 0. The van der Waals surface area contributed by atoms with Crippen LogP contribution in [0.2, 0.25) is 0 Å². The summed E-state index contributed by atoms with van der Waals surface area (Å²) in [6.45, 7) is 5.94. The fourth-order valence-corrected chi connectivity index (χ4v) is 4.12. The van der Waals surface area contributed by atoms with Gasteiger partial charge in [-0.25, -0.2) is 22.9 Å². The van der Waals surface area contributed by atoms with Gasteiger partial charge in [0.25, 0.3) is 0 Å². The van der Waals surface area contributed by atoms with E-state index in [0.717, 1.165) is 16.6 Å². The number of esters is 1. The minimum absolute atomic E-state index is 0.00971. The standard InChI is InChI=1S/C21H24N2O5S/c1-13(2)16-7-6-15(12-17(16)21(24)27-4)29(25,26)22-10-9-20-23-18-11-14(3)5-8-19(18)28-20/h5-8,11-13,22H,9-10H2,1-4H3. The molecule has 0 spiro atoms. The lowest BCUT2D eigenvalue weighted by molar-refractivity contribution is 0.0598. The molecule has 0 saturated heterocycles. The monoisotopic (exact) mass is 416 g/mol. The lowest BCUT2D eigenvalue weighted by atomic mass is 9.97. The Morgan fingerprint density at radius 3 is 2.66 bits per heavy atom. The highest BCUT2D eigenvalue weighted by molar-refractivity contribution is 7.89. The summed E-state index contributed by atoms with van der Waals surface area (Å²) in [5.41, 5.74) is 3.47. The van der Waals surface area contributed by atoms with Crippen molar-refractivity contribution in [3.8, 4) is 0 Å². The van der Waals surface area contributed by atoms with Gasteiger partial charge in [-0.3, -0.25) is 0 Å². The molecule has 0 aliphatic heterocycles. The van der Waals surface area contributed by atoms with Gasteiger partial charge in [0, 0.05) is 13.0 Å². The number of hydrogen-bond acceptors (Lipinski definition) is 6. The fourth-order valence-electron chi connectivity index (χ4n) is 3.06. The molecule has 154 valence electrons. The number of fused-ring (bicyclic) bond motifs is 1. The van der Waals surface area contributed by atoms with Crippen molar-refractivity contribution in [3.63, 3.8) is 0 Å². The van der Waals surface area contributed by atoms with Gasteiger partial charge < -0.3 is 9.15 Å². The predicted octanol–water partition coefficient (Wildman–Crippen LogP) is 3.57. The van der Waals surface area contributed by atoms with Crippen LogP contribution in [0.1, 0.15) is 47.1 Å². The summed E-state index contributed by atoms with van der Waals surface area (Å²) in [6.07, 6.45) is 0.306. The molecule has 3 aromatic rings. The highest BCUT2D eigenvalue weighted by atomic mass is 32.2. The molecule has 1 N–H and O–H groups in total. The summed E-state index contributed by atoms with van der Waals surface area (Å²) in [5.74, 6) is -0.0529. The first-order chi connectivity index (χ1) is 13.7. The maximum absolute atomic E-state index is 12.7. The number of ether oxygens (including phenoxy) is 1. The molecule has 29 heavy (non-hydrogen) atoms. The van der Waals surface area contributed by atoms with E-state index in [1.165, 1.54) is 19.2 Å². The van der Waals surface area contributed by atoms with Crippen LogP contribution in [0.3, 0.4) is 0 Å². The van der Waals surface area contributed by atoms with E-state index in [1.54, 1.807) is 6.07 Å². The summed E-state index contributed by atoms with van der Waals surface area (Å²) < 4.78 is 38.3. The van der Waals surface area contributed by atoms with Crippen molar-refractivity contribution in [2.45, 2.75) is 38.0 Å². The molecular weight excluding hydrogens is 392 g/mol. The topological polar surface area (TPSA) is 98.5 Å². The highest BCUT2D eigenvalue weighted by Gasteiger charge is 2.21. The zero-order chi connectivity index (χ0) is 21.2. The van der Waals surface area contributed by atoms with Gasteiger partial charge in [0.1, 0.15) is 5.52 Å². The average Bonchev–Trinajstić information content (AvgIpc) is 3.08. The maximum atomic E-state index is 12.7. The Bertz CT molecular complexity index is 1150. The number of aromatic nitrogens is 1. The summed E-state index contributed by atoms with van der Waals surface area (Å²) in [7, 11) is -2.53. The van der Waals surface area contributed by atoms with E-state index >= 15 is 0 Å². The number of hydrogen-bond donors (Lipinski definition) is 1. The zero-order valence-corrected chi connectivity index (χ0v) is 17.7. The Morgan fingerprint density at radius 1 is 1.21 bits per heavy atom. The molecule has 0 amide bonds. The molecule has 0 bridgehead atoms. The summed E-state index contributed by atoms with van der Waals surface area (Å²) in [5, 5.41) is 0. The third-order valence-electron chi connectivity index (χ3n) is 4.58. The summed E-state index contributed by atoms with van der Waals surface area (Å²) in [4.78, 5) is 16.5. The normalized spacial score (nSPS) is 11.9. The van der Waals surface area contributed by atoms with E-state index in [4.69, 9.17) is 9.15 Å². The maximum Gasteiger partial charge on any atom is 0.338 e. The molecule has 0 fully saturated rings. The third kappa shape index (κ3) is 4.65. The van der Waals surface area contributed by atoms with Crippen molar-refractivity contribution < 1.29 is 22.4 Å². The van der Waals surface area contributed by atoms with E-state index < -0.39 is 16.0 Å². The van der Waals surface area contributed by atoms with Crippen LogP contribution in [0, 0.1) is 6.92 Å². The molecular formula is C21H24N2O5S. The van der Waals surface area contributed by atoms with Crippen molar-refractivity contribution in [1.29, 1.82) is 0 Å². The number of carbonyl (C=O) groups is 1. The van der Waals surface area contributed by atoms with Gasteiger partial charge in [-0.2, -0.15) is 0 Å². The van der Waals surface area contributed by atoms with E-state index in [1.807, 2.05) is 39.0 Å². The Labute approximate surface area is 170 Å². The number of benzene rings is 2. The molecule has 0 aliphatic carbocycles. The molecule has 0 aliphatic rings. The van der Waals surface area contributed by atoms with Crippen LogP contribution >= 0.6 is 0 Å². The number of oxazole rings is 1. The lowest BCUT2D eigenvalue weighted by Gasteiger charge is -2.13. The summed E-state index contributed by atoms with van der Waals surface area (Å²) in [6, 6.07) is 10.2. The van der Waals surface area contributed by atoms with E-state index in [2.05, 4.69) is 9.71 Å². The van der Waals surface area contributed by atoms with E-state index in [0.29, 0.717) is 17.9 Å². The molecule has 8 heteroatoms. The minimum Gasteiger partial charge on any atom is -0.465 e. The Balaban J connectivity index is 1.75. The molecule has 0 unspecified atom stereocenters. The Hall–Kier alpha value is -2.71. The molecule has 0 radical (unpaired) electrons. The smallest absolute Gasteiger partial charge is 0.338 e. The van der Waals surface area contributed by atoms with Gasteiger partial charge in [0.15, 0.2) is 11.5 Å². The van der Waals surface area contributed by atoms with Crippen molar-refractivity contribution in [2.24, 2.45) is 0 Å². The number of aryl methyl sites for hydroxylation is 1. The molecule has 0 atom stereocenters. The highest BCUT2D eigenvalue weighted by Crippen LogP contribution is 2.24. The second-order valence-corrected chi connectivity index (χ2v) is 8.89. The molecule has 1 heterocycles. The number of carbonyl (C=O) groups excluding carboxylic acids is 1. The van der Waals surface area contributed by atoms with Crippen LogP contribution in [0.4, 0.5) is 0 Å². The van der Waals surface area contributed by atoms with Crippen LogP contribution in [0.15, 0.2) is 45.7 Å². The number of rotatable bonds is 7. The van der Waals surface area contributed by atoms with Crippen LogP contribution in [0.5, 0.6) is 0 Å². The van der Waals surface area contributed by atoms with E-state index in [-0.39, 0.29) is 22.9 Å². The number of sulfonamides is 1. The van der Waals surface area contributed by atoms with Gasteiger partial charge in [0.2, 0.25) is 10.0 Å². The number of nitrogens with zero attached hydrogens (tertiary/aromatic N) is 1. The first-order valence-electron chi connectivity index (χ1n) is 9.29. The van der Waals surface area contributed by atoms with Crippen molar-refractivity contribution in [3.05, 3.63) is 59.0 Å². The Morgan fingerprint density at radius 2 is 1.97 bits per heavy atom. The molecule has 1 aromatic heterocycles. The average molecular weight is 416 g/mol. The van der Waals surface area contributed by atoms with Crippen LogP contribution in [0.25, 0.3) is 11.1 Å². The van der Waals surface area contributed by atoms with Crippen molar-refractivity contribution >= 4 is 27.1 Å². The second-order valence-electron chi connectivity index (χ2n) is 7.12. The fraction of sp³-hybridized carbons (Fsp3) is 0.333. The van der Waals surface area contributed by atoms with Gasteiger partial charge in [-0.15, -0.1) is 0 Å². The quantitative estimate of drug-likeness (QED) is 0.591. The zero-order valence-electron chi connectivity index (χ0n) is 16.9. The van der Waals surface area contributed by atoms with Crippen LogP contribution < -0.4 is 4.72 Å². The first kappa shape index (κ1) is 21.0. The first-order valence-corrected chi connectivity index (χ1v) is 10.8. The Kier molecular flexibility index (Phi) is 6.04. The van der Waals surface area contributed by atoms with Gasteiger partial charge in [-0.05, 0) is 48.2 Å². The minimum atomic E-state index is -3.80. The van der Waals surface area contributed by atoms with E-state index in [9.17, 15) is 13.2 Å². The van der Waals surface area contributed by atoms with Crippen molar-refractivity contribution in [1.82, 2.24) is 9.71 Å². The molecule has 2 aromatic carbocycles. The number of nitrogens with one attached hydrogen (secondary N) is 1. The molecule has 0 saturated carbocycles. The molecule has 3 rings (SSSR count). The van der Waals surface area contributed by atoms with Crippen LogP contribution in [-0.2, 0) is 21.2 Å². The third-order valence-corrected chi connectivity index (χ3v) is 6.04. The second kappa shape index (κ2) is 8.34. The van der Waals surface area contributed by atoms with Crippen LogP contribution in [-0.4, -0.2) is 33.0 Å². The van der Waals surface area contributed by atoms with Crippen molar-refractivity contribution in [2.75, 3.05) is 13.7 Å². The van der Waals surface area contributed by atoms with Gasteiger partial charge in [-0.1, -0.05) is 26.0 Å². The lowest BCUT2D eigenvalue weighted by Crippen LogP contribution is -2.26. The van der Waals surface area contributed by atoms with Gasteiger partial charge >= 0.3 is 5.97 Å². The number of methoxy groups -OCH3 is 1. The molecule has 7 nitrogen and oxygen atoms in total. The largest absolute Gasteiger partial charge is 0.465 e.